The van der Waals surface area contributed by atoms with Gasteiger partial charge < -0.3 is 30.2 Å². The van der Waals surface area contributed by atoms with E-state index in [2.05, 4.69) is 29.8 Å². The third-order valence-electron chi connectivity index (χ3n) is 8.08. The summed E-state index contributed by atoms with van der Waals surface area (Å²) in [4.78, 5) is 41.4. The highest BCUT2D eigenvalue weighted by atomic mass is 32.2. The number of rotatable bonds is 14. The minimum absolute atomic E-state index is 0.0104. The Morgan fingerprint density at radius 3 is 1.77 bits per heavy atom. The molecule has 1 unspecified atom stereocenters. The van der Waals surface area contributed by atoms with Crippen LogP contribution in [0.3, 0.4) is 0 Å². The van der Waals surface area contributed by atoms with E-state index >= 15 is 0 Å². The van der Waals surface area contributed by atoms with Crippen LogP contribution in [0, 0.1) is 0 Å². The lowest BCUT2D eigenvalue weighted by molar-refractivity contribution is -0.116. The van der Waals surface area contributed by atoms with E-state index in [1.807, 2.05) is 66.7 Å². The molecule has 52 heavy (non-hydrogen) atoms. The zero-order chi connectivity index (χ0) is 37.0. The summed E-state index contributed by atoms with van der Waals surface area (Å²) in [6.45, 7) is 4.26. The summed E-state index contributed by atoms with van der Waals surface area (Å²) in [6.07, 6.45) is 1.53. The Hall–Kier alpha value is -6.00. The fourth-order valence-electron chi connectivity index (χ4n) is 5.31. The van der Waals surface area contributed by atoms with Gasteiger partial charge in [-0.05, 0) is 89.3 Å². The topological polar surface area (TPSA) is 115 Å². The first-order chi connectivity index (χ1) is 25.2. The van der Waals surface area contributed by atoms with Crippen molar-refractivity contribution in [2.24, 2.45) is 0 Å². The number of carbonyl (C=O) groups is 3. The number of thioether (sulfide) groups is 1. The van der Waals surface area contributed by atoms with Gasteiger partial charge in [-0.15, -0.1) is 11.8 Å². The van der Waals surface area contributed by atoms with Crippen molar-refractivity contribution < 1.29 is 28.6 Å². The third kappa shape index (κ3) is 9.61. The Balaban J connectivity index is 1.37. The monoisotopic (exact) mass is 715 g/mol. The molecule has 3 amide bonds. The molecule has 0 radical (unpaired) electrons. The molecule has 0 saturated carbocycles. The first-order valence-electron chi connectivity index (χ1n) is 16.6. The molecule has 3 N–H and O–H groups in total. The fourth-order valence-corrected chi connectivity index (χ4v) is 6.33. The number of amides is 3. The van der Waals surface area contributed by atoms with E-state index < -0.39 is 17.1 Å². The van der Waals surface area contributed by atoms with Crippen molar-refractivity contribution in [3.05, 3.63) is 149 Å². The average molecular weight is 716 g/mol. The van der Waals surface area contributed by atoms with Crippen molar-refractivity contribution in [2.75, 3.05) is 32.0 Å². The highest BCUT2D eigenvalue weighted by Crippen LogP contribution is 2.39. The van der Waals surface area contributed by atoms with Crippen molar-refractivity contribution in [3.63, 3.8) is 0 Å². The van der Waals surface area contributed by atoms with Gasteiger partial charge in [0.25, 0.3) is 11.8 Å². The number of anilines is 2. The van der Waals surface area contributed by atoms with Gasteiger partial charge in [-0.3, -0.25) is 14.4 Å². The van der Waals surface area contributed by atoms with Crippen molar-refractivity contribution in [3.8, 4) is 17.2 Å². The minimum Gasteiger partial charge on any atom is -0.493 e. The normalized spacial score (nSPS) is 11.7. The molecule has 5 rings (SSSR count). The molecule has 0 heterocycles. The highest BCUT2D eigenvalue weighted by Gasteiger charge is 2.23. The number of methoxy groups -OCH3 is 3. The Morgan fingerprint density at radius 2 is 1.21 bits per heavy atom. The van der Waals surface area contributed by atoms with Gasteiger partial charge in [0.1, 0.15) is 10.9 Å². The first-order valence-corrected chi connectivity index (χ1v) is 17.5. The van der Waals surface area contributed by atoms with E-state index in [0.29, 0.717) is 40.0 Å². The van der Waals surface area contributed by atoms with Crippen LogP contribution in [0.5, 0.6) is 17.2 Å². The first kappa shape index (κ1) is 37.3. The van der Waals surface area contributed by atoms with Crippen LogP contribution in [0.15, 0.2) is 132 Å². The van der Waals surface area contributed by atoms with Gasteiger partial charge in [0.15, 0.2) is 11.5 Å². The van der Waals surface area contributed by atoms with E-state index in [1.54, 1.807) is 54.6 Å². The molecule has 0 aliphatic heterocycles. The highest BCUT2D eigenvalue weighted by molar-refractivity contribution is 8.00. The molecule has 5 aromatic carbocycles. The number of hydrogen-bond donors (Lipinski definition) is 3. The molecule has 266 valence electrons. The molecular formula is C42H41N3O6S. The Kier molecular flexibility index (Phi) is 12.7. The summed E-state index contributed by atoms with van der Waals surface area (Å²) in [5, 5.41) is 8.16. The van der Waals surface area contributed by atoms with Crippen molar-refractivity contribution in [1.29, 1.82) is 0 Å². The fraction of sp³-hybridized carbons (Fsp3) is 0.167. The lowest BCUT2D eigenvalue weighted by atomic mass is 10.0. The summed E-state index contributed by atoms with van der Waals surface area (Å²) in [5.74, 6) is 0.408. The zero-order valence-electron chi connectivity index (χ0n) is 29.6. The predicted octanol–water partition coefficient (Wildman–Crippen LogP) is 8.72. The van der Waals surface area contributed by atoms with E-state index in [0.717, 1.165) is 16.1 Å². The third-order valence-corrected chi connectivity index (χ3v) is 9.34. The van der Waals surface area contributed by atoms with E-state index in [1.165, 1.54) is 44.7 Å². The Labute approximate surface area is 308 Å². The lowest BCUT2D eigenvalue weighted by Crippen LogP contribution is -2.30. The molecule has 5 aromatic rings. The van der Waals surface area contributed by atoms with Crippen molar-refractivity contribution in [1.82, 2.24) is 5.32 Å². The van der Waals surface area contributed by atoms with Crippen LogP contribution in [-0.4, -0.2) is 39.1 Å². The molecule has 0 aliphatic carbocycles. The molecule has 1 atom stereocenters. The summed E-state index contributed by atoms with van der Waals surface area (Å²) >= 11 is 1.40. The number of ether oxygens (including phenoxy) is 3. The summed E-state index contributed by atoms with van der Waals surface area (Å²) in [7, 11) is 4.50. The summed E-state index contributed by atoms with van der Waals surface area (Å²) in [6, 6.07) is 36.6. The number of carbonyl (C=O) groups excluding carboxylic acids is 3. The molecular weight excluding hydrogens is 675 g/mol. The summed E-state index contributed by atoms with van der Waals surface area (Å²) in [5.41, 5.74) is 4.17. The number of benzene rings is 5. The molecule has 0 bridgehead atoms. The molecule has 0 aromatic heterocycles. The van der Waals surface area contributed by atoms with Gasteiger partial charge in [-0.25, -0.2) is 0 Å². The summed E-state index contributed by atoms with van der Waals surface area (Å²) < 4.78 is 16.4. The molecule has 10 heteroatoms. The second kappa shape index (κ2) is 17.8. The van der Waals surface area contributed by atoms with Gasteiger partial charge in [0.05, 0.1) is 21.3 Å². The second-order valence-electron chi connectivity index (χ2n) is 12.0. The van der Waals surface area contributed by atoms with Crippen LogP contribution >= 0.6 is 11.8 Å². The van der Waals surface area contributed by atoms with Crippen LogP contribution in [0.25, 0.3) is 6.08 Å². The van der Waals surface area contributed by atoms with Crippen LogP contribution in [-0.2, 0) is 9.59 Å². The van der Waals surface area contributed by atoms with E-state index in [-0.39, 0.29) is 11.6 Å². The maximum atomic E-state index is 13.7. The molecule has 0 saturated heterocycles. The predicted molar refractivity (Wildman–Crippen MR) is 207 cm³/mol. The standard InChI is InChI=1S/C42H41N3O6S/c1-27(2)29-16-18-32(19-17-29)44-42(48)39(30-12-8-6-9-13-30)52-34-22-20-33(21-23-34)43-41(47)35(45-40(46)31-14-10-7-11-15-31)24-28-25-36(49-3)38(51-5)37(26-28)50-4/h6-27,39H,1-5H3,(H,43,47)(H,44,48)(H,45,46)/b35-24-. The largest absolute Gasteiger partial charge is 0.493 e. The molecule has 0 aliphatic rings. The van der Waals surface area contributed by atoms with E-state index in [4.69, 9.17) is 14.2 Å². The van der Waals surface area contributed by atoms with Crippen LogP contribution in [0.4, 0.5) is 11.4 Å². The SMILES string of the molecule is COc1cc(/C=C(\NC(=O)c2ccccc2)C(=O)Nc2ccc(SC(C(=O)Nc3ccc(C(C)C)cc3)c3ccccc3)cc2)cc(OC)c1OC. The second-order valence-corrected chi connectivity index (χ2v) is 13.2. The zero-order valence-corrected chi connectivity index (χ0v) is 30.5. The Morgan fingerprint density at radius 1 is 0.654 bits per heavy atom. The maximum Gasteiger partial charge on any atom is 0.272 e. The van der Waals surface area contributed by atoms with Gasteiger partial charge in [-0.2, -0.15) is 0 Å². The number of nitrogens with one attached hydrogen (secondary N) is 3. The van der Waals surface area contributed by atoms with Crippen molar-refractivity contribution in [2.45, 2.75) is 29.9 Å². The van der Waals surface area contributed by atoms with Gasteiger partial charge >= 0.3 is 0 Å². The quantitative estimate of drug-likeness (QED) is 0.0778. The average Bonchev–Trinajstić information content (AvgIpc) is 3.17. The molecule has 0 spiro atoms. The van der Waals surface area contributed by atoms with E-state index in [9.17, 15) is 14.4 Å². The van der Waals surface area contributed by atoms with Gasteiger partial charge in [-0.1, -0.05) is 74.5 Å². The van der Waals surface area contributed by atoms with Gasteiger partial charge in [0, 0.05) is 21.8 Å². The lowest BCUT2D eigenvalue weighted by Gasteiger charge is -2.18. The Bertz CT molecular complexity index is 1990. The van der Waals surface area contributed by atoms with Crippen molar-refractivity contribution >= 4 is 46.9 Å². The maximum absolute atomic E-state index is 13.7. The number of hydrogen-bond acceptors (Lipinski definition) is 7. The van der Waals surface area contributed by atoms with Crippen LogP contribution in [0.1, 0.15) is 52.1 Å². The molecule has 9 nitrogen and oxygen atoms in total. The molecule has 0 fully saturated rings. The smallest absolute Gasteiger partial charge is 0.272 e. The van der Waals surface area contributed by atoms with Crippen LogP contribution in [0.2, 0.25) is 0 Å². The van der Waals surface area contributed by atoms with Gasteiger partial charge in [0.2, 0.25) is 11.7 Å². The van der Waals surface area contributed by atoms with Crippen LogP contribution < -0.4 is 30.2 Å². The minimum atomic E-state index is -0.552.